The highest BCUT2D eigenvalue weighted by atomic mass is 32.1. The van der Waals surface area contributed by atoms with Crippen LogP contribution in [-0.2, 0) is 32.0 Å². The Morgan fingerprint density at radius 2 is 1.32 bits per heavy atom. The molecule has 11 N–H and O–H groups in total. The van der Waals surface area contributed by atoms with Gasteiger partial charge >= 0.3 is 5.97 Å². The molecule has 0 aliphatic carbocycles. The first-order chi connectivity index (χ1) is 19.5. The number of aliphatic carboxylic acids is 1. The highest BCUT2D eigenvalue weighted by molar-refractivity contribution is 7.80. The summed E-state index contributed by atoms with van der Waals surface area (Å²) in [6.07, 6.45) is 0.773. The molecule has 3 amide bonds. The van der Waals surface area contributed by atoms with Gasteiger partial charge in [-0.05, 0) is 36.1 Å². The summed E-state index contributed by atoms with van der Waals surface area (Å²) in [6.45, 7) is 0.287. The Hall–Kier alpha value is -4.30. The van der Waals surface area contributed by atoms with Gasteiger partial charge < -0.3 is 43.4 Å². The number of phenols is 1. The van der Waals surface area contributed by atoms with Gasteiger partial charge in [-0.1, -0.05) is 42.5 Å². The summed E-state index contributed by atoms with van der Waals surface area (Å²) in [5.74, 6) is -3.52. The van der Waals surface area contributed by atoms with Gasteiger partial charge in [0.1, 0.15) is 23.9 Å². The first-order valence-electron chi connectivity index (χ1n) is 12.9. The lowest BCUT2D eigenvalue weighted by atomic mass is 10.0. The molecule has 0 radical (unpaired) electrons. The summed E-state index contributed by atoms with van der Waals surface area (Å²) in [7, 11) is 0. The van der Waals surface area contributed by atoms with E-state index in [1.807, 2.05) is 6.07 Å². The highest BCUT2D eigenvalue weighted by Gasteiger charge is 2.30. The van der Waals surface area contributed by atoms with E-state index in [2.05, 4.69) is 33.6 Å². The number of nitrogens with zero attached hydrogens (tertiary/aromatic N) is 1. The molecular weight excluding hydrogens is 550 g/mol. The number of carbonyl (C=O) groups is 4. The molecule has 2 aromatic carbocycles. The maximum atomic E-state index is 13.5. The predicted octanol–water partition coefficient (Wildman–Crippen LogP) is -0.973. The normalized spacial score (nSPS) is 13.6. The van der Waals surface area contributed by atoms with Crippen molar-refractivity contribution in [3.63, 3.8) is 0 Å². The average Bonchev–Trinajstić information content (AvgIpc) is 2.94. The zero-order valence-electron chi connectivity index (χ0n) is 22.4. The largest absolute Gasteiger partial charge is 0.508 e. The number of benzene rings is 2. The number of nitrogens with one attached hydrogen (secondary N) is 3. The van der Waals surface area contributed by atoms with E-state index in [4.69, 9.17) is 17.2 Å². The summed E-state index contributed by atoms with van der Waals surface area (Å²) in [5.41, 5.74) is 18.0. The van der Waals surface area contributed by atoms with Gasteiger partial charge in [0.25, 0.3) is 0 Å². The SMILES string of the molecule is NC(N)=NCCC[C@H](N)C(=O)N[C@@H](Cc1ccccc1)C(=O)N[C@@H](Cc1ccc(O)cc1)C(=O)N[C@@H](CS)C(=O)O. The van der Waals surface area contributed by atoms with Crippen molar-refractivity contribution in [1.29, 1.82) is 0 Å². The maximum absolute atomic E-state index is 13.5. The van der Waals surface area contributed by atoms with Crippen molar-refractivity contribution in [1.82, 2.24) is 16.0 Å². The van der Waals surface area contributed by atoms with Crippen LogP contribution in [0.25, 0.3) is 0 Å². The van der Waals surface area contributed by atoms with Crippen molar-refractivity contribution >= 4 is 42.3 Å². The van der Waals surface area contributed by atoms with E-state index in [0.717, 1.165) is 5.56 Å². The van der Waals surface area contributed by atoms with Crippen molar-refractivity contribution in [2.45, 2.75) is 49.9 Å². The maximum Gasteiger partial charge on any atom is 0.327 e. The number of guanidine groups is 1. The van der Waals surface area contributed by atoms with Gasteiger partial charge in [-0.2, -0.15) is 12.6 Å². The van der Waals surface area contributed by atoms with Gasteiger partial charge in [0.2, 0.25) is 17.7 Å². The summed E-state index contributed by atoms with van der Waals surface area (Å²) in [5, 5.41) is 26.6. The van der Waals surface area contributed by atoms with E-state index in [1.54, 1.807) is 36.4 Å². The molecule has 2 rings (SSSR count). The molecule has 2 aromatic rings. The third-order valence-corrected chi connectivity index (χ3v) is 6.39. The van der Waals surface area contributed by atoms with E-state index in [-0.39, 0.29) is 43.3 Å². The Morgan fingerprint density at radius 3 is 1.83 bits per heavy atom. The number of aliphatic imine (C=N–C) groups is 1. The van der Waals surface area contributed by atoms with Crippen molar-refractivity contribution in [3.05, 3.63) is 65.7 Å². The monoisotopic (exact) mass is 587 g/mol. The molecule has 4 atom stereocenters. The number of aromatic hydroxyl groups is 1. The van der Waals surface area contributed by atoms with Crippen LogP contribution in [0.15, 0.2) is 59.6 Å². The van der Waals surface area contributed by atoms with Crippen LogP contribution < -0.4 is 33.2 Å². The molecule has 0 saturated heterocycles. The quantitative estimate of drug-likeness (QED) is 0.0507. The molecule has 0 bridgehead atoms. The van der Waals surface area contributed by atoms with Crippen LogP contribution in [0.3, 0.4) is 0 Å². The van der Waals surface area contributed by atoms with E-state index in [9.17, 15) is 29.4 Å². The van der Waals surface area contributed by atoms with Crippen LogP contribution in [0.5, 0.6) is 5.75 Å². The van der Waals surface area contributed by atoms with Crippen molar-refractivity contribution in [2.75, 3.05) is 12.3 Å². The van der Waals surface area contributed by atoms with Crippen molar-refractivity contribution < 1.29 is 29.4 Å². The van der Waals surface area contributed by atoms with Gasteiger partial charge in [0.05, 0.1) is 6.04 Å². The van der Waals surface area contributed by atoms with Gasteiger partial charge in [0.15, 0.2) is 5.96 Å². The topological polar surface area (TPSA) is 235 Å². The molecule has 0 heterocycles. The summed E-state index contributed by atoms with van der Waals surface area (Å²) >= 11 is 3.97. The molecule has 0 unspecified atom stereocenters. The molecule has 0 spiro atoms. The van der Waals surface area contributed by atoms with Gasteiger partial charge in [-0.25, -0.2) is 4.79 Å². The minimum Gasteiger partial charge on any atom is -0.508 e. The summed E-state index contributed by atoms with van der Waals surface area (Å²) < 4.78 is 0. The predicted molar refractivity (Wildman–Crippen MR) is 157 cm³/mol. The fourth-order valence-electron chi connectivity index (χ4n) is 3.80. The lowest BCUT2D eigenvalue weighted by Crippen LogP contribution is -2.58. The fourth-order valence-corrected chi connectivity index (χ4v) is 4.04. The molecule has 0 aliphatic heterocycles. The third kappa shape index (κ3) is 11.8. The average molecular weight is 588 g/mol. The number of carbonyl (C=O) groups excluding carboxylic acids is 3. The molecule has 0 saturated carbocycles. The molecule has 13 nitrogen and oxygen atoms in total. The van der Waals surface area contributed by atoms with Gasteiger partial charge in [-0.15, -0.1) is 0 Å². The minimum absolute atomic E-state index is 0.0140. The lowest BCUT2D eigenvalue weighted by Gasteiger charge is -2.25. The molecule has 14 heteroatoms. The lowest BCUT2D eigenvalue weighted by molar-refractivity contribution is -0.141. The molecule has 0 fully saturated rings. The number of nitrogens with two attached hydrogens (primary N) is 3. The summed E-state index contributed by atoms with van der Waals surface area (Å²) in [6, 6.07) is 10.4. The van der Waals surface area contributed by atoms with Crippen molar-refractivity contribution in [3.8, 4) is 5.75 Å². The third-order valence-electron chi connectivity index (χ3n) is 6.03. The molecular formula is C27H37N7O6S. The Labute approximate surface area is 243 Å². The first-order valence-corrected chi connectivity index (χ1v) is 13.5. The van der Waals surface area contributed by atoms with Crippen LogP contribution in [0.2, 0.25) is 0 Å². The number of hydrogen-bond acceptors (Lipinski definition) is 8. The number of carboxylic acids is 1. The molecule has 41 heavy (non-hydrogen) atoms. The van der Waals surface area contributed by atoms with Crippen LogP contribution in [0.1, 0.15) is 24.0 Å². The van der Waals surface area contributed by atoms with E-state index in [0.29, 0.717) is 12.0 Å². The number of amides is 3. The summed E-state index contributed by atoms with van der Waals surface area (Å²) in [4.78, 5) is 54.9. The number of hydrogen-bond donors (Lipinski definition) is 9. The number of carboxylic acid groups (broad SMARTS) is 1. The fraction of sp³-hybridized carbons (Fsp3) is 0.370. The van der Waals surface area contributed by atoms with E-state index in [1.165, 1.54) is 12.1 Å². The minimum atomic E-state index is -1.29. The Morgan fingerprint density at radius 1 is 0.805 bits per heavy atom. The second kappa shape index (κ2) is 16.7. The van der Waals surface area contributed by atoms with Crippen LogP contribution in [0.4, 0.5) is 0 Å². The van der Waals surface area contributed by atoms with Gasteiger partial charge in [-0.3, -0.25) is 19.4 Å². The number of phenolic OH excluding ortho intramolecular Hbond substituents is 1. The van der Waals surface area contributed by atoms with Crippen LogP contribution in [-0.4, -0.2) is 76.3 Å². The zero-order chi connectivity index (χ0) is 30.4. The number of rotatable bonds is 16. The van der Waals surface area contributed by atoms with Crippen LogP contribution >= 0.6 is 12.6 Å². The van der Waals surface area contributed by atoms with Crippen molar-refractivity contribution in [2.24, 2.45) is 22.2 Å². The molecule has 222 valence electrons. The zero-order valence-corrected chi connectivity index (χ0v) is 23.3. The highest BCUT2D eigenvalue weighted by Crippen LogP contribution is 2.12. The van der Waals surface area contributed by atoms with Gasteiger partial charge in [0, 0.05) is 25.1 Å². The smallest absolute Gasteiger partial charge is 0.327 e. The van der Waals surface area contributed by atoms with Crippen LogP contribution in [0, 0.1) is 0 Å². The Balaban J connectivity index is 2.25. The molecule has 0 aromatic heterocycles. The van der Waals surface area contributed by atoms with E-state index < -0.39 is 47.9 Å². The standard InChI is InChI=1S/C27H37N7O6S/c28-19(7-4-12-31-27(29)30)23(36)32-20(13-16-5-2-1-3-6-16)24(37)33-21(14-17-8-10-18(35)11-9-17)25(38)34-22(15-41)26(39)40/h1-3,5-6,8-11,19-22,35,41H,4,7,12-15,28H2,(H,32,36)(H,33,37)(H,34,38)(H,39,40)(H4,29,30,31)/t19-,20-,21-,22-/m0/s1. The second-order valence-corrected chi connectivity index (χ2v) is 9.69. The van der Waals surface area contributed by atoms with E-state index >= 15 is 0 Å². The number of thiol groups is 1. The Bertz CT molecular complexity index is 1190. The molecule has 0 aliphatic rings. The Kier molecular flexibility index (Phi) is 13.4. The second-order valence-electron chi connectivity index (χ2n) is 9.32. The first kappa shape index (κ1) is 32.9.